The van der Waals surface area contributed by atoms with Crippen LogP contribution in [0.4, 0.5) is 0 Å². The Morgan fingerprint density at radius 2 is 2.14 bits per heavy atom. The van der Waals surface area contributed by atoms with E-state index in [-0.39, 0.29) is 11.5 Å². The lowest BCUT2D eigenvalue weighted by molar-refractivity contribution is -0.118. The van der Waals surface area contributed by atoms with Crippen LogP contribution >= 0.6 is 0 Å². The van der Waals surface area contributed by atoms with Crippen LogP contribution < -0.4 is 4.74 Å². The smallest absolute Gasteiger partial charge is 0.137 e. The Kier molecular flexibility index (Phi) is 2.15. The van der Waals surface area contributed by atoms with E-state index in [1.807, 2.05) is 6.07 Å². The number of benzene rings is 1. The number of ketones is 1. The van der Waals surface area contributed by atoms with Crippen LogP contribution in [-0.2, 0) is 17.6 Å². The summed E-state index contributed by atoms with van der Waals surface area (Å²) in [5.74, 6) is 1.01. The van der Waals surface area contributed by atoms with E-state index in [1.54, 1.807) is 13.2 Å². The molecule has 1 N–H and O–H groups in total. The molecule has 14 heavy (non-hydrogen) atoms. The van der Waals surface area contributed by atoms with Gasteiger partial charge in [0.1, 0.15) is 17.3 Å². The molecule has 2 rings (SSSR count). The van der Waals surface area contributed by atoms with E-state index in [0.717, 1.165) is 11.1 Å². The number of fused-ring (bicyclic) bond motifs is 1. The van der Waals surface area contributed by atoms with Crippen molar-refractivity contribution in [2.45, 2.75) is 19.3 Å². The molecule has 0 aliphatic heterocycles. The van der Waals surface area contributed by atoms with Gasteiger partial charge in [-0.25, -0.2) is 0 Å². The molecule has 0 spiro atoms. The summed E-state index contributed by atoms with van der Waals surface area (Å²) in [5.41, 5.74) is 1.79. The summed E-state index contributed by atoms with van der Waals surface area (Å²) in [6.07, 6.45) is 1.63. The fraction of sp³-hybridized carbons (Fsp3) is 0.364. The molecular weight excluding hydrogens is 180 g/mol. The number of methoxy groups -OCH3 is 1. The van der Waals surface area contributed by atoms with Gasteiger partial charge in [-0.15, -0.1) is 0 Å². The van der Waals surface area contributed by atoms with Gasteiger partial charge in [0.15, 0.2) is 0 Å². The molecule has 1 aromatic carbocycles. The van der Waals surface area contributed by atoms with Crippen LogP contribution in [0.5, 0.6) is 11.5 Å². The van der Waals surface area contributed by atoms with Crippen molar-refractivity contribution in [2.24, 2.45) is 0 Å². The minimum atomic E-state index is 0.174. The quantitative estimate of drug-likeness (QED) is 0.732. The van der Waals surface area contributed by atoms with Crippen molar-refractivity contribution in [1.82, 2.24) is 0 Å². The van der Waals surface area contributed by atoms with Gasteiger partial charge in [0.2, 0.25) is 0 Å². The molecule has 74 valence electrons. The number of hydrogen-bond donors (Lipinski definition) is 1. The molecule has 0 saturated heterocycles. The minimum Gasteiger partial charge on any atom is -0.508 e. The van der Waals surface area contributed by atoms with E-state index in [4.69, 9.17) is 4.74 Å². The largest absolute Gasteiger partial charge is 0.508 e. The zero-order valence-electron chi connectivity index (χ0n) is 8.04. The molecule has 0 fully saturated rings. The number of aromatic hydroxyl groups is 1. The predicted octanol–water partition coefficient (Wildman–Crippen LogP) is 1.46. The van der Waals surface area contributed by atoms with Crippen molar-refractivity contribution in [3.05, 3.63) is 23.3 Å². The molecule has 3 nitrogen and oxygen atoms in total. The van der Waals surface area contributed by atoms with E-state index < -0.39 is 0 Å². The topological polar surface area (TPSA) is 46.5 Å². The molecule has 0 amide bonds. The fourth-order valence-electron chi connectivity index (χ4n) is 1.79. The van der Waals surface area contributed by atoms with Gasteiger partial charge in [-0.2, -0.15) is 0 Å². The highest BCUT2D eigenvalue weighted by atomic mass is 16.5. The van der Waals surface area contributed by atoms with Gasteiger partial charge in [-0.1, -0.05) is 0 Å². The molecule has 0 atom stereocenters. The molecule has 0 unspecified atom stereocenters. The van der Waals surface area contributed by atoms with Crippen LogP contribution in [0.25, 0.3) is 0 Å². The summed E-state index contributed by atoms with van der Waals surface area (Å²) < 4.78 is 5.04. The maximum absolute atomic E-state index is 11.2. The Balaban J connectivity index is 2.48. The molecular formula is C11H12O3. The standard InChI is InChI=1S/C11H12O3/c1-14-9-4-7-2-3-8(12)5-10(7)11(13)6-9/h4,6,13H,2-3,5H2,1H3. The Morgan fingerprint density at radius 3 is 2.86 bits per heavy atom. The zero-order chi connectivity index (χ0) is 10.1. The first-order chi connectivity index (χ1) is 6.70. The number of phenolic OH excluding ortho intramolecular Hbond substituents is 1. The second-order valence-corrected chi connectivity index (χ2v) is 3.50. The Hall–Kier alpha value is -1.51. The molecule has 3 heteroatoms. The third-order valence-corrected chi connectivity index (χ3v) is 2.58. The summed E-state index contributed by atoms with van der Waals surface area (Å²) in [6, 6.07) is 3.44. The molecule has 0 bridgehead atoms. The molecule has 0 saturated carbocycles. The number of carbonyl (C=O) groups excluding carboxylic acids is 1. The highest BCUT2D eigenvalue weighted by Gasteiger charge is 2.19. The average Bonchev–Trinajstić information content (AvgIpc) is 2.19. The number of rotatable bonds is 1. The predicted molar refractivity (Wildman–Crippen MR) is 51.7 cm³/mol. The van der Waals surface area contributed by atoms with Crippen LogP contribution in [-0.4, -0.2) is 18.0 Å². The van der Waals surface area contributed by atoms with E-state index in [9.17, 15) is 9.90 Å². The number of ether oxygens (including phenoxy) is 1. The van der Waals surface area contributed by atoms with Gasteiger partial charge >= 0.3 is 0 Å². The summed E-state index contributed by atoms with van der Waals surface area (Å²) in [7, 11) is 1.56. The molecule has 0 aromatic heterocycles. The number of carbonyl (C=O) groups is 1. The molecule has 1 aliphatic carbocycles. The first-order valence-electron chi connectivity index (χ1n) is 4.61. The van der Waals surface area contributed by atoms with E-state index in [1.165, 1.54) is 0 Å². The lowest BCUT2D eigenvalue weighted by Gasteiger charge is -2.17. The third kappa shape index (κ3) is 1.45. The normalized spacial score (nSPS) is 15.1. The van der Waals surface area contributed by atoms with Crippen LogP contribution in [0.1, 0.15) is 17.5 Å². The van der Waals surface area contributed by atoms with Crippen molar-refractivity contribution in [3.8, 4) is 11.5 Å². The van der Waals surface area contributed by atoms with Gasteiger partial charge in [-0.3, -0.25) is 4.79 Å². The molecule has 1 aliphatic rings. The summed E-state index contributed by atoms with van der Waals surface area (Å²) in [4.78, 5) is 11.2. The zero-order valence-corrected chi connectivity index (χ0v) is 8.04. The van der Waals surface area contributed by atoms with E-state index in [0.29, 0.717) is 25.0 Å². The van der Waals surface area contributed by atoms with Crippen molar-refractivity contribution in [3.63, 3.8) is 0 Å². The molecule has 1 aromatic rings. The number of aryl methyl sites for hydroxylation is 1. The van der Waals surface area contributed by atoms with Crippen molar-refractivity contribution in [1.29, 1.82) is 0 Å². The van der Waals surface area contributed by atoms with Gasteiger partial charge in [0, 0.05) is 24.5 Å². The van der Waals surface area contributed by atoms with E-state index in [2.05, 4.69) is 0 Å². The third-order valence-electron chi connectivity index (χ3n) is 2.58. The number of phenols is 1. The van der Waals surface area contributed by atoms with Crippen molar-refractivity contribution < 1.29 is 14.6 Å². The number of hydrogen-bond acceptors (Lipinski definition) is 3. The maximum Gasteiger partial charge on any atom is 0.137 e. The second kappa shape index (κ2) is 3.33. The Morgan fingerprint density at radius 1 is 1.36 bits per heavy atom. The lowest BCUT2D eigenvalue weighted by Crippen LogP contribution is -2.13. The summed E-state index contributed by atoms with van der Waals surface area (Å²) >= 11 is 0. The SMILES string of the molecule is COc1cc(O)c2c(c1)CCC(=O)C2. The average molecular weight is 192 g/mol. The van der Waals surface area contributed by atoms with Crippen molar-refractivity contribution >= 4 is 5.78 Å². The monoisotopic (exact) mass is 192 g/mol. The van der Waals surface area contributed by atoms with Gasteiger partial charge in [0.25, 0.3) is 0 Å². The highest BCUT2D eigenvalue weighted by Crippen LogP contribution is 2.31. The molecule has 0 heterocycles. The van der Waals surface area contributed by atoms with Crippen LogP contribution in [0.2, 0.25) is 0 Å². The fourth-order valence-corrected chi connectivity index (χ4v) is 1.79. The number of Topliss-reactive ketones (excluding diaryl/α,β-unsaturated/α-hetero) is 1. The summed E-state index contributed by atoms with van der Waals surface area (Å²) in [6.45, 7) is 0. The van der Waals surface area contributed by atoms with Crippen LogP contribution in [0.3, 0.4) is 0 Å². The second-order valence-electron chi connectivity index (χ2n) is 3.50. The van der Waals surface area contributed by atoms with Gasteiger partial charge in [-0.05, 0) is 18.1 Å². The van der Waals surface area contributed by atoms with Crippen LogP contribution in [0, 0.1) is 0 Å². The Bertz CT molecular complexity index is 382. The first kappa shape index (κ1) is 9.06. The minimum absolute atomic E-state index is 0.174. The Labute approximate surface area is 82.3 Å². The molecule has 0 radical (unpaired) electrons. The van der Waals surface area contributed by atoms with E-state index >= 15 is 0 Å². The first-order valence-corrected chi connectivity index (χ1v) is 4.61. The lowest BCUT2D eigenvalue weighted by atomic mass is 9.90. The van der Waals surface area contributed by atoms with Crippen LogP contribution in [0.15, 0.2) is 12.1 Å². The van der Waals surface area contributed by atoms with Crippen molar-refractivity contribution in [2.75, 3.05) is 7.11 Å². The highest BCUT2D eigenvalue weighted by molar-refractivity contribution is 5.84. The van der Waals surface area contributed by atoms with Gasteiger partial charge in [0.05, 0.1) is 7.11 Å². The van der Waals surface area contributed by atoms with Gasteiger partial charge < -0.3 is 9.84 Å². The summed E-state index contributed by atoms with van der Waals surface area (Å²) in [5, 5.41) is 9.65. The maximum atomic E-state index is 11.2.